The van der Waals surface area contributed by atoms with Crippen molar-refractivity contribution in [1.82, 2.24) is 9.97 Å². The first-order valence-corrected chi connectivity index (χ1v) is 7.14. The van der Waals surface area contributed by atoms with Crippen molar-refractivity contribution >= 4 is 17.5 Å². The van der Waals surface area contributed by atoms with E-state index in [-0.39, 0.29) is 11.0 Å². The average Bonchev–Trinajstić information content (AvgIpc) is 2.47. The number of ketones is 1. The lowest BCUT2D eigenvalue weighted by atomic mass is 10.1. The van der Waals surface area contributed by atoms with Gasteiger partial charge in [-0.1, -0.05) is 43.0 Å². The van der Waals surface area contributed by atoms with Gasteiger partial charge in [0.05, 0.1) is 5.25 Å². The number of benzene rings is 1. The quantitative estimate of drug-likeness (QED) is 0.475. The third kappa shape index (κ3) is 3.64. The highest BCUT2D eigenvalue weighted by Gasteiger charge is 2.16. The van der Waals surface area contributed by atoms with Gasteiger partial charge in [-0.25, -0.2) is 9.97 Å². The van der Waals surface area contributed by atoms with Crippen molar-refractivity contribution in [2.75, 3.05) is 0 Å². The first-order chi connectivity index (χ1) is 9.20. The Morgan fingerprint density at radius 3 is 2.58 bits per heavy atom. The molecule has 98 valence electrons. The standard InChI is InChI=1S/C15H16N2OS/c1-3-12-4-6-13(7-5-12)15(18)11(2)19-14-8-9-16-10-17-14/h4-11H,3H2,1-2H3. The van der Waals surface area contributed by atoms with E-state index in [9.17, 15) is 4.79 Å². The van der Waals surface area contributed by atoms with Crippen molar-refractivity contribution in [3.8, 4) is 0 Å². The molecule has 2 rings (SSSR count). The normalized spacial score (nSPS) is 12.1. The molecule has 0 aliphatic carbocycles. The van der Waals surface area contributed by atoms with Crippen molar-refractivity contribution in [1.29, 1.82) is 0 Å². The largest absolute Gasteiger partial charge is 0.293 e. The van der Waals surface area contributed by atoms with Crippen LogP contribution in [0.4, 0.5) is 0 Å². The predicted molar refractivity (Wildman–Crippen MR) is 77.5 cm³/mol. The van der Waals surface area contributed by atoms with Crippen molar-refractivity contribution < 1.29 is 4.79 Å². The van der Waals surface area contributed by atoms with Crippen LogP contribution in [0.5, 0.6) is 0 Å². The summed E-state index contributed by atoms with van der Waals surface area (Å²) in [5.74, 6) is 0.131. The molecule has 0 bridgehead atoms. The number of hydrogen-bond acceptors (Lipinski definition) is 4. The van der Waals surface area contributed by atoms with Crippen LogP contribution < -0.4 is 0 Å². The zero-order valence-corrected chi connectivity index (χ0v) is 11.9. The molecular formula is C15H16N2OS. The number of hydrogen-bond donors (Lipinski definition) is 0. The van der Waals surface area contributed by atoms with E-state index in [4.69, 9.17) is 0 Å². The van der Waals surface area contributed by atoms with Crippen LogP contribution in [0.1, 0.15) is 29.8 Å². The summed E-state index contributed by atoms with van der Waals surface area (Å²) < 4.78 is 0. The molecule has 0 radical (unpaired) electrons. The van der Waals surface area contributed by atoms with E-state index >= 15 is 0 Å². The Balaban J connectivity index is 2.06. The summed E-state index contributed by atoms with van der Waals surface area (Å²) in [6, 6.07) is 9.63. The molecule has 0 aliphatic rings. The fourth-order valence-corrected chi connectivity index (χ4v) is 2.58. The fourth-order valence-electron chi connectivity index (χ4n) is 1.72. The molecule has 0 saturated heterocycles. The number of Topliss-reactive ketones (excluding diaryl/α,β-unsaturated/α-hetero) is 1. The molecule has 1 heterocycles. The van der Waals surface area contributed by atoms with Gasteiger partial charge in [0.2, 0.25) is 0 Å². The van der Waals surface area contributed by atoms with Gasteiger partial charge in [0, 0.05) is 11.8 Å². The minimum atomic E-state index is -0.151. The minimum Gasteiger partial charge on any atom is -0.293 e. The summed E-state index contributed by atoms with van der Waals surface area (Å²) >= 11 is 1.46. The summed E-state index contributed by atoms with van der Waals surface area (Å²) in [6.07, 6.45) is 4.16. The number of aryl methyl sites for hydroxylation is 1. The van der Waals surface area contributed by atoms with Gasteiger partial charge in [-0.3, -0.25) is 4.79 Å². The minimum absolute atomic E-state index is 0.131. The van der Waals surface area contributed by atoms with E-state index in [1.807, 2.05) is 37.3 Å². The lowest BCUT2D eigenvalue weighted by Gasteiger charge is -2.09. The van der Waals surface area contributed by atoms with E-state index in [0.717, 1.165) is 17.0 Å². The number of rotatable bonds is 5. The second kappa shape index (κ2) is 6.48. The van der Waals surface area contributed by atoms with E-state index in [1.165, 1.54) is 23.7 Å². The summed E-state index contributed by atoms with van der Waals surface area (Å²) in [6.45, 7) is 4.01. The molecule has 2 aromatic rings. The first-order valence-electron chi connectivity index (χ1n) is 6.26. The van der Waals surface area contributed by atoms with Gasteiger partial charge >= 0.3 is 0 Å². The Morgan fingerprint density at radius 1 is 1.26 bits per heavy atom. The number of nitrogens with zero attached hydrogens (tertiary/aromatic N) is 2. The maximum Gasteiger partial charge on any atom is 0.175 e. The van der Waals surface area contributed by atoms with Gasteiger partial charge in [-0.05, 0) is 25.0 Å². The molecular weight excluding hydrogens is 256 g/mol. The lowest BCUT2D eigenvalue weighted by Crippen LogP contribution is -2.13. The van der Waals surface area contributed by atoms with Crippen molar-refractivity contribution in [2.24, 2.45) is 0 Å². The number of carbonyl (C=O) groups is 1. The maximum absolute atomic E-state index is 12.3. The monoisotopic (exact) mass is 272 g/mol. The van der Waals surface area contributed by atoms with Crippen molar-refractivity contribution in [2.45, 2.75) is 30.5 Å². The van der Waals surface area contributed by atoms with Gasteiger partial charge in [-0.2, -0.15) is 0 Å². The van der Waals surface area contributed by atoms with Crippen LogP contribution in [0.15, 0.2) is 47.9 Å². The smallest absolute Gasteiger partial charge is 0.175 e. The summed E-state index contributed by atoms with van der Waals surface area (Å²) in [5, 5.41) is 0.670. The highest BCUT2D eigenvalue weighted by atomic mass is 32.2. The van der Waals surface area contributed by atoms with E-state index in [1.54, 1.807) is 6.20 Å². The van der Waals surface area contributed by atoms with E-state index in [2.05, 4.69) is 16.9 Å². The van der Waals surface area contributed by atoms with Crippen LogP contribution >= 0.6 is 11.8 Å². The second-order valence-corrected chi connectivity index (χ2v) is 5.58. The van der Waals surface area contributed by atoms with Crippen LogP contribution in [-0.4, -0.2) is 21.0 Å². The van der Waals surface area contributed by atoms with Crippen LogP contribution in [-0.2, 0) is 6.42 Å². The maximum atomic E-state index is 12.3. The van der Waals surface area contributed by atoms with Gasteiger partial charge in [0.15, 0.2) is 5.78 Å². The van der Waals surface area contributed by atoms with E-state index < -0.39 is 0 Å². The third-order valence-electron chi connectivity index (χ3n) is 2.87. The highest BCUT2D eigenvalue weighted by Crippen LogP contribution is 2.23. The Kier molecular flexibility index (Phi) is 4.68. The Bertz CT molecular complexity index is 540. The zero-order chi connectivity index (χ0) is 13.7. The molecule has 1 unspecified atom stereocenters. The third-order valence-corrected chi connectivity index (χ3v) is 3.92. The zero-order valence-electron chi connectivity index (χ0n) is 11.0. The van der Waals surface area contributed by atoms with Gasteiger partial charge in [0.1, 0.15) is 11.4 Å². The van der Waals surface area contributed by atoms with Gasteiger partial charge in [-0.15, -0.1) is 0 Å². The molecule has 0 N–H and O–H groups in total. The van der Waals surface area contributed by atoms with Crippen LogP contribution in [0, 0.1) is 0 Å². The first kappa shape index (κ1) is 13.7. The molecule has 0 fully saturated rings. The molecule has 19 heavy (non-hydrogen) atoms. The Morgan fingerprint density at radius 2 is 2.00 bits per heavy atom. The molecule has 1 aromatic carbocycles. The van der Waals surface area contributed by atoms with Crippen LogP contribution in [0.2, 0.25) is 0 Å². The molecule has 1 aromatic heterocycles. The summed E-state index contributed by atoms with van der Waals surface area (Å²) in [4.78, 5) is 20.3. The van der Waals surface area contributed by atoms with E-state index in [0.29, 0.717) is 0 Å². The topological polar surface area (TPSA) is 42.9 Å². The van der Waals surface area contributed by atoms with Crippen LogP contribution in [0.3, 0.4) is 0 Å². The Labute approximate surface area is 117 Å². The second-order valence-electron chi connectivity index (χ2n) is 4.22. The van der Waals surface area contributed by atoms with Crippen molar-refractivity contribution in [3.05, 3.63) is 54.0 Å². The number of aromatic nitrogens is 2. The average molecular weight is 272 g/mol. The Hall–Kier alpha value is -1.68. The molecule has 0 spiro atoms. The van der Waals surface area contributed by atoms with Crippen LogP contribution in [0.25, 0.3) is 0 Å². The lowest BCUT2D eigenvalue weighted by molar-refractivity contribution is 0.0994. The number of carbonyl (C=O) groups excluding carboxylic acids is 1. The molecule has 0 amide bonds. The molecule has 0 aliphatic heterocycles. The summed E-state index contributed by atoms with van der Waals surface area (Å²) in [7, 11) is 0. The van der Waals surface area contributed by atoms with Gasteiger partial charge < -0.3 is 0 Å². The molecule has 3 nitrogen and oxygen atoms in total. The SMILES string of the molecule is CCc1ccc(C(=O)C(C)Sc2ccncn2)cc1. The molecule has 0 saturated carbocycles. The molecule has 1 atom stereocenters. The predicted octanol–water partition coefficient (Wildman–Crippen LogP) is 3.40. The highest BCUT2D eigenvalue weighted by molar-refractivity contribution is 8.00. The van der Waals surface area contributed by atoms with Crippen molar-refractivity contribution in [3.63, 3.8) is 0 Å². The number of thioether (sulfide) groups is 1. The fraction of sp³-hybridized carbons (Fsp3) is 0.267. The summed E-state index contributed by atoms with van der Waals surface area (Å²) in [5.41, 5.74) is 2.00. The van der Waals surface area contributed by atoms with Gasteiger partial charge in [0.25, 0.3) is 0 Å². The molecule has 4 heteroatoms.